The molecule has 0 atom stereocenters. The van der Waals surface area contributed by atoms with Gasteiger partial charge in [-0.05, 0) is 43.7 Å². The second-order valence-corrected chi connectivity index (χ2v) is 6.59. The second-order valence-electron chi connectivity index (χ2n) is 6.59. The lowest BCUT2D eigenvalue weighted by molar-refractivity contribution is 0.0268. The smallest absolute Gasteiger partial charge is 0.191 e. The van der Waals surface area contributed by atoms with Crippen LogP contribution >= 0.6 is 0 Å². The standard InChI is InChI=1S/C20H29N3O3/c1-20(2,25-4)15-23-19(21-12-11-18-6-5-13-26-18)22-14-16-7-9-17(24-3)10-8-16/h5-10,13H,11-12,14-15H2,1-4H3,(H2,21,22,23). The molecule has 1 aromatic heterocycles. The Kier molecular flexibility index (Phi) is 7.53. The summed E-state index contributed by atoms with van der Waals surface area (Å²) in [6.45, 7) is 6.02. The van der Waals surface area contributed by atoms with Gasteiger partial charge < -0.3 is 24.5 Å². The van der Waals surface area contributed by atoms with E-state index in [0.29, 0.717) is 13.1 Å². The van der Waals surface area contributed by atoms with E-state index in [1.165, 1.54) is 0 Å². The quantitative estimate of drug-likeness (QED) is 0.532. The molecule has 1 aromatic carbocycles. The van der Waals surface area contributed by atoms with Gasteiger partial charge in [-0.15, -0.1) is 0 Å². The van der Waals surface area contributed by atoms with Gasteiger partial charge in [-0.2, -0.15) is 0 Å². The molecular formula is C20H29N3O3. The molecule has 0 aliphatic carbocycles. The van der Waals surface area contributed by atoms with Crippen molar-refractivity contribution in [3.8, 4) is 5.75 Å². The summed E-state index contributed by atoms with van der Waals surface area (Å²) in [4.78, 5) is 4.67. The number of aliphatic imine (C=N–C) groups is 1. The average Bonchev–Trinajstić information content (AvgIpc) is 3.17. The van der Waals surface area contributed by atoms with Gasteiger partial charge in [-0.3, -0.25) is 0 Å². The van der Waals surface area contributed by atoms with Crippen LogP contribution in [0.15, 0.2) is 52.1 Å². The molecule has 142 valence electrons. The van der Waals surface area contributed by atoms with Crippen molar-refractivity contribution in [3.63, 3.8) is 0 Å². The topological polar surface area (TPSA) is 68.0 Å². The molecule has 0 fully saturated rings. The molecule has 0 bridgehead atoms. The maximum Gasteiger partial charge on any atom is 0.191 e. The van der Waals surface area contributed by atoms with Crippen molar-refractivity contribution in [3.05, 3.63) is 54.0 Å². The normalized spacial score (nSPS) is 12.1. The molecule has 2 N–H and O–H groups in total. The van der Waals surface area contributed by atoms with Gasteiger partial charge in [0.05, 0.1) is 25.5 Å². The number of hydrogen-bond acceptors (Lipinski definition) is 4. The summed E-state index contributed by atoms with van der Waals surface area (Å²) < 4.78 is 16.0. The molecule has 0 spiro atoms. The monoisotopic (exact) mass is 359 g/mol. The average molecular weight is 359 g/mol. The number of ether oxygens (including phenoxy) is 2. The minimum absolute atomic E-state index is 0.274. The molecule has 0 saturated heterocycles. The highest BCUT2D eigenvalue weighted by Crippen LogP contribution is 2.12. The molecule has 6 nitrogen and oxygen atoms in total. The number of furan rings is 1. The molecule has 2 rings (SSSR count). The maximum atomic E-state index is 5.47. The Balaban J connectivity index is 1.94. The molecule has 2 aromatic rings. The van der Waals surface area contributed by atoms with E-state index in [-0.39, 0.29) is 5.60 Å². The van der Waals surface area contributed by atoms with Gasteiger partial charge in [-0.25, -0.2) is 4.99 Å². The van der Waals surface area contributed by atoms with Crippen LogP contribution < -0.4 is 15.4 Å². The van der Waals surface area contributed by atoms with Crippen LogP contribution in [0.5, 0.6) is 5.75 Å². The SMILES string of the molecule is COc1ccc(CN=C(NCCc2ccco2)NCC(C)(C)OC)cc1. The third-order valence-corrected chi connectivity index (χ3v) is 4.06. The third-order valence-electron chi connectivity index (χ3n) is 4.06. The Morgan fingerprint density at radius 2 is 1.88 bits per heavy atom. The number of nitrogens with one attached hydrogen (secondary N) is 2. The Labute approximate surface area is 155 Å². The van der Waals surface area contributed by atoms with Gasteiger partial charge in [0.25, 0.3) is 0 Å². The number of methoxy groups -OCH3 is 2. The predicted octanol–water partition coefficient (Wildman–Crippen LogP) is 2.99. The first-order chi connectivity index (χ1) is 12.5. The molecule has 0 aliphatic rings. The van der Waals surface area contributed by atoms with E-state index >= 15 is 0 Å². The minimum atomic E-state index is -0.274. The van der Waals surface area contributed by atoms with Crippen LogP contribution in [0.1, 0.15) is 25.2 Å². The Hall–Kier alpha value is -2.47. The summed E-state index contributed by atoms with van der Waals surface area (Å²) >= 11 is 0. The lowest BCUT2D eigenvalue weighted by Crippen LogP contribution is -2.45. The lowest BCUT2D eigenvalue weighted by Gasteiger charge is -2.24. The van der Waals surface area contributed by atoms with Gasteiger partial charge in [0, 0.05) is 26.6 Å². The number of guanidine groups is 1. The van der Waals surface area contributed by atoms with Gasteiger partial charge in [-0.1, -0.05) is 12.1 Å². The largest absolute Gasteiger partial charge is 0.497 e. The van der Waals surface area contributed by atoms with Gasteiger partial charge >= 0.3 is 0 Å². The van der Waals surface area contributed by atoms with Crippen molar-refractivity contribution >= 4 is 5.96 Å². The first-order valence-corrected chi connectivity index (χ1v) is 8.75. The highest BCUT2D eigenvalue weighted by molar-refractivity contribution is 5.79. The molecule has 6 heteroatoms. The molecular weight excluding hydrogens is 330 g/mol. The second kappa shape index (κ2) is 9.87. The van der Waals surface area contributed by atoms with E-state index in [0.717, 1.165) is 36.0 Å². The van der Waals surface area contributed by atoms with E-state index in [2.05, 4.69) is 15.6 Å². The Morgan fingerprint density at radius 3 is 2.50 bits per heavy atom. The first kappa shape index (κ1) is 19.8. The zero-order valence-corrected chi connectivity index (χ0v) is 16.0. The van der Waals surface area contributed by atoms with Crippen LogP contribution in [0, 0.1) is 0 Å². The van der Waals surface area contributed by atoms with Crippen molar-refractivity contribution in [1.29, 1.82) is 0 Å². The predicted molar refractivity (Wildman–Crippen MR) is 104 cm³/mol. The summed E-state index contributed by atoms with van der Waals surface area (Å²) in [6.07, 6.45) is 2.48. The fourth-order valence-electron chi connectivity index (χ4n) is 2.20. The van der Waals surface area contributed by atoms with E-state index < -0.39 is 0 Å². The van der Waals surface area contributed by atoms with Gasteiger partial charge in [0.2, 0.25) is 0 Å². The number of benzene rings is 1. The summed E-state index contributed by atoms with van der Waals surface area (Å²) in [5.74, 6) is 2.54. The van der Waals surface area contributed by atoms with E-state index in [1.54, 1.807) is 20.5 Å². The number of hydrogen-bond donors (Lipinski definition) is 2. The van der Waals surface area contributed by atoms with Crippen molar-refractivity contribution in [2.75, 3.05) is 27.3 Å². The van der Waals surface area contributed by atoms with Crippen LogP contribution in [0.4, 0.5) is 0 Å². The van der Waals surface area contributed by atoms with E-state index in [1.807, 2.05) is 50.2 Å². The molecule has 0 saturated carbocycles. The summed E-state index contributed by atoms with van der Waals surface area (Å²) in [6, 6.07) is 11.8. The zero-order chi connectivity index (χ0) is 18.8. The first-order valence-electron chi connectivity index (χ1n) is 8.75. The van der Waals surface area contributed by atoms with Crippen LogP contribution in [-0.2, 0) is 17.7 Å². The van der Waals surface area contributed by atoms with Crippen LogP contribution in [0.3, 0.4) is 0 Å². The third kappa shape index (κ3) is 6.80. The van der Waals surface area contributed by atoms with Crippen molar-refractivity contribution < 1.29 is 13.9 Å². The highest BCUT2D eigenvalue weighted by atomic mass is 16.5. The zero-order valence-electron chi connectivity index (χ0n) is 16.0. The fraction of sp³-hybridized carbons (Fsp3) is 0.450. The fourth-order valence-corrected chi connectivity index (χ4v) is 2.20. The van der Waals surface area contributed by atoms with E-state index in [4.69, 9.17) is 13.9 Å². The molecule has 0 radical (unpaired) electrons. The van der Waals surface area contributed by atoms with Gasteiger partial charge in [0.1, 0.15) is 11.5 Å². The molecule has 1 heterocycles. The van der Waals surface area contributed by atoms with Crippen molar-refractivity contribution in [2.45, 2.75) is 32.4 Å². The Morgan fingerprint density at radius 1 is 1.12 bits per heavy atom. The number of rotatable bonds is 9. The van der Waals surface area contributed by atoms with E-state index in [9.17, 15) is 0 Å². The lowest BCUT2D eigenvalue weighted by atomic mass is 10.1. The summed E-state index contributed by atoms with van der Waals surface area (Å²) in [7, 11) is 3.37. The van der Waals surface area contributed by atoms with Crippen LogP contribution in [0.2, 0.25) is 0 Å². The summed E-state index contributed by atoms with van der Waals surface area (Å²) in [5, 5.41) is 6.69. The molecule has 0 unspecified atom stereocenters. The van der Waals surface area contributed by atoms with Crippen molar-refractivity contribution in [2.24, 2.45) is 4.99 Å². The molecule has 0 amide bonds. The molecule has 26 heavy (non-hydrogen) atoms. The van der Waals surface area contributed by atoms with Crippen LogP contribution in [-0.4, -0.2) is 38.9 Å². The van der Waals surface area contributed by atoms with Crippen molar-refractivity contribution in [1.82, 2.24) is 10.6 Å². The van der Waals surface area contributed by atoms with Gasteiger partial charge in [0.15, 0.2) is 5.96 Å². The van der Waals surface area contributed by atoms with Crippen LogP contribution in [0.25, 0.3) is 0 Å². The minimum Gasteiger partial charge on any atom is -0.497 e. The number of nitrogens with zero attached hydrogens (tertiary/aromatic N) is 1. The maximum absolute atomic E-state index is 5.47. The summed E-state index contributed by atoms with van der Waals surface area (Å²) in [5.41, 5.74) is 0.841. The molecule has 0 aliphatic heterocycles. The Bertz CT molecular complexity index is 664. The highest BCUT2D eigenvalue weighted by Gasteiger charge is 2.16.